The van der Waals surface area contributed by atoms with Gasteiger partial charge in [-0.15, -0.1) is 18.3 Å². The predicted molar refractivity (Wildman–Crippen MR) is 58.9 cm³/mol. The van der Waals surface area contributed by atoms with E-state index >= 15 is 0 Å². The van der Waals surface area contributed by atoms with Gasteiger partial charge in [0.1, 0.15) is 5.44 Å². The number of aliphatic hydroxyl groups is 1. The summed E-state index contributed by atoms with van der Waals surface area (Å²) in [6, 6.07) is 0. The predicted octanol–water partition coefficient (Wildman–Crippen LogP) is 1.58. The summed E-state index contributed by atoms with van der Waals surface area (Å²) in [7, 11) is -0.882. The normalized spacial score (nSPS) is 41.8. The molecule has 1 aliphatic heterocycles. The monoisotopic (exact) mass is 220 g/mol. The molecule has 13 heavy (non-hydrogen) atoms. The molecule has 1 fully saturated rings. The summed E-state index contributed by atoms with van der Waals surface area (Å²) in [6.45, 7) is 7.63. The van der Waals surface area contributed by atoms with Crippen LogP contribution in [-0.4, -0.2) is 25.1 Å². The van der Waals surface area contributed by atoms with E-state index in [9.17, 15) is 9.32 Å². The van der Waals surface area contributed by atoms with Crippen LogP contribution in [0.25, 0.3) is 0 Å². The van der Waals surface area contributed by atoms with Crippen molar-refractivity contribution < 1.29 is 9.32 Å². The quantitative estimate of drug-likeness (QED) is 0.734. The van der Waals surface area contributed by atoms with Crippen molar-refractivity contribution in [3.63, 3.8) is 0 Å². The molecule has 0 aromatic rings. The van der Waals surface area contributed by atoms with Crippen LogP contribution in [0.3, 0.4) is 0 Å². The van der Waals surface area contributed by atoms with Crippen molar-refractivity contribution in [3.8, 4) is 0 Å². The van der Waals surface area contributed by atoms with Crippen LogP contribution < -0.4 is 0 Å². The molecule has 76 valence electrons. The zero-order valence-corrected chi connectivity index (χ0v) is 9.61. The number of thioether (sulfide) groups is 1. The first-order valence-electron chi connectivity index (χ1n) is 4.39. The molecule has 5 atom stereocenters. The molecule has 1 saturated heterocycles. The lowest BCUT2D eigenvalue weighted by atomic mass is 9.99. The van der Waals surface area contributed by atoms with Gasteiger partial charge in [0.15, 0.2) is 0 Å². The van der Waals surface area contributed by atoms with Crippen LogP contribution in [0.5, 0.6) is 0 Å². The van der Waals surface area contributed by atoms with E-state index in [1.165, 1.54) is 11.8 Å². The van der Waals surface area contributed by atoms with E-state index in [-0.39, 0.29) is 15.9 Å². The highest BCUT2D eigenvalue weighted by Crippen LogP contribution is 2.42. The van der Waals surface area contributed by atoms with Crippen LogP contribution >= 0.6 is 11.8 Å². The molecule has 0 aromatic heterocycles. The van der Waals surface area contributed by atoms with Crippen molar-refractivity contribution in [2.75, 3.05) is 5.75 Å². The lowest BCUT2D eigenvalue weighted by Gasteiger charge is -2.15. The van der Waals surface area contributed by atoms with Crippen molar-refractivity contribution in [2.24, 2.45) is 11.8 Å². The van der Waals surface area contributed by atoms with E-state index in [0.29, 0.717) is 11.7 Å². The number of hydrogen-bond acceptors (Lipinski definition) is 3. The Hall–Kier alpha value is 0.200. The maximum atomic E-state index is 11.7. The van der Waals surface area contributed by atoms with Crippen molar-refractivity contribution in [3.05, 3.63) is 12.7 Å². The first-order valence-corrected chi connectivity index (χ1v) is 6.72. The molecule has 0 aromatic carbocycles. The van der Waals surface area contributed by atoms with E-state index < -0.39 is 10.8 Å². The zero-order valence-electron chi connectivity index (χ0n) is 7.97. The Kier molecular flexibility index (Phi) is 4.01. The summed E-state index contributed by atoms with van der Waals surface area (Å²) < 4.78 is 11.7. The highest BCUT2D eigenvalue weighted by atomic mass is 32.2. The Labute approximate surface area is 86.3 Å². The summed E-state index contributed by atoms with van der Waals surface area (Å²) in [5.41, 5.74) is -0.353. The van der Waals surface area contributed by atoms with Crippen LogP contribution in [0.4, 0.5) is 0 Å². The molecule has 0 aliphatic carbocycles. The Morgan fingerprint density at radius 3 is 2.54 bits per heavy atom. The van der Waals surface area contributed by atoms with Crippen LogP contribution in [0.15, 0.2) is 12.7 Å². The summed E-state index contributed by atoms with van der Waals surface area (Å²) in [5, 5.41) is 9.56. The summed E-state index contributed by atoms with van der Waals surface area (Å²) >= 11 is 1.44. The first-order chi connectivity index (χ1) is 6.07. The van der Waals surface area contributed by atoms with Gasteiger partial charge in [-0.25, -0.2) is 0 Å². The SMILES string of the molecule is C=CCS(=O)C1SC(O)C(C)C1C. The summed E-state index contributed by atoms with van der Waals surface area (Å²) in [4.78, 5) is 0. The fourth-order valence-electron chi connectivity index (χ4n) is 1.41. The second-order valence-electron chi connectivity index (χ2n) is 3.45. The van der Waals surface area contributed by atoms with Crippen LogP contribution in [0.1, 0.15) is 13.8 Å². The largest absolute Gasteiger partial charge is 0.382 e. The smallest absolute Gasteiger partial charge is 0.103 e. The van der Waals surface area contributed by atoms with Gasteiger partial charge in [0.25, 0.3) is 0 Å². The molecule has 1 N–H and O–H groups in total. The molecule has 4 heteroatoms. The average Bonchev–Trinajstić information content (AvgIpc) is 2.33. The molecule has 2 nitrogen and oxygen atoms in total. The number of hydrogen-bond donors (Lipinski definition) is 1. The molecular weight excluding hydrogens is 204 g/mol. The molecule has 0 amide bonds. The fourth-order valence-corrected chi connectivity index (χ4v) is 4.89. The molecule has 5 unspecified atom stereocenters. The second kappa shape index (κ2) is 4.62. The van der Waals surface area contributed by atoms with Crippen LogP contribution in [0.2, 0.25) is 0 Å². The van der Waals surface area contributed by atoms with E-state index in [2.05, 4.69) is 13.5 Å². The maximum Gasteiger partial charge on any atom is 0.103 e. The van der Waals surface area contributed by atoms with Gasteiger partial charge in [-0.2, -0.15) is 0 Å². The van der Waals surface area contributed by atoms with Crippen LogP contribution in [0, 0.1) is 11.8 Å². The Balaban J connectivity index is 2.62. The Morgan fingerprint density at radius 2 is 2.15 bits per heavy atom. The molecule has 1 heterocycles. The van der Waals surface area contributed by atoms with Gasteiger partial charge in [-0.3, -0.25) is 4.21 Å². The van der Waals surface area contributed by atoms with Gasteiger partial charge in [-0.05, 0) is 11.8 Å². The van der Waals surface area contributed by atoms with Gasteiger partial charge in [-0.1, -0.05) is 19.9 Å². The molecule has 0 bridgehead atoms. The van der Waals surface area contributed by atoms with Gasteiger partial charge >= 0.3 is 0 Å². The maximum absolute atomic E-state index is 11.7. The van der Waals surface area contributed by atoms with Gasteiger partial charge in [0.2, 0.25) is 0 Å². The minimum atomic E-state index is -0.882. The Morgan fingerprint density at radius 1 is 1.54 bits per heavy atom. The molecule has 0 saturated carbocycles. The third-order valence-electron chi connectivity index (χ3n) is 2.52. The lowest BCUT2D eigenvalue weighted by molar-refractivity contribution is 0.184. The highest BCUT2D eigenvalue weighted by Gasteiger charge is 2.40. The number of rotatable bonds is 3. The standard InChI is InChI=1S/C9H16O2S2/c1-4-5-13(11)9-7(3)6(2)8(10)12-9/h4,6-10H,1,5H2,2-3H3. The van der Waals surface area contributed by atoms with Crippen molar-refractivity contribution in [1.29, 1.82) is 0 Å². The molecule has 1 aliphatic rings. The summed E-state index contributed by atoms with van der Waals surface area (Å²) in [6.07, 6.45) is 1.68. The molecule has 1 rings (SSSR count). The van der Waals surface area contributed by atoms with Crippen molar-refractivity contribution in [1.82, 2.24) is 0 Å². The van der Waals surface area contributed by atoms with Gasteiger partial charge in [0.05, 0.1) is 4.58 Å². The molecule has 0 radical (unpaired) electrons. The van der Waals surface area contributed by atoms with Crippen molar-refractivity contribution in [2.45, 2.75) is 23.9 Å². The first kappa shape index (κ1) is 11.3. The van der Waals surface area contributed by atoms with Gasteiger partial charge in [0, 0.05) is 16.6 Å². The van der Waals surface area contributed by atoms with Crippen molar-refractivity contribution >= 4 is 22.6 Å². The minimum absolute atomic E-state index is 0.0722. The summed E-state index contributed by atoms with van der Waals surface area (Å²) in [5.74, 6) is 1.09. The number of aliphatic hydroxyl groups excluding tert-OH is 1. The third-order valence-corrected chi connectivity index (χ3v) is 6.42. The zero-order chi connectivity index (χ0) is 10.0. The molecule has 0 spiro atoms. The van der Waals surface area contributed by atoms with E-state index in [1.54, 1.807) is 6.08 Å². The topological polar surface area (TPSA) is 37.3 Å². The van der Waals surface area contributed by atoms with Gasteiger partial charge < -0.3 is 5.11 Å². The highest BCUT2D eigenvalue weighted by molar-refractivity contribution is 8.11. The molecular formula is C9H16O2S2. The minimum Gasteiger partial charge on any atom is -0.382 e. The average molecular weight is 220 g/mol. The third kappa shape index (κ3) is 2.36. The Bertz CT molecular complexity index is 218. The fraction of sp³-hybridized carbons (Fsp3) is 0.778. The van der Waals surface area contributed by atoms with Crippen LogP contribution in [-0.2, 0) is 10.8 Å². The van der Waals surface area contributed by atoms with E-state index in [4.69, 9.17) is 0 Å². The lowest BCUT2D eigenvalue weighted by Crippen LogP contribution is -2.20. The van der Waals surface area contributed by atoms with E-state index in [1.807, 2.05) is 6.92 Å². The second-order valence-corrected chi connectivity index (χ2v) is 6.61. The van der Waals surface area contributed by atoms with E-state index in [0.717, 1.165) is 0 Å².